The van der Waals surface area contributed by atoms with Crippen LogP contribution in [0.3, 0.4) is 0 Å². The molecule has 0 unspecified atom stereocenters. The molecule has 0 radical (unpaired) electrons. The van der Waals surface area contributed by atoms with Crippen LogP contribution in [-0.4, -0.2) is 36.4 Å². The molecule has 0 aliphatic heterocycles. The van der Waals surface area contributed by atoms with Gasteiger partial charge in [0, 0.05) is 36.8 Å². The molecule has 2 aromatic heterocycles. The first kappa shape index (κ1) is 20.7. The number of benzene rings is 2. The van der Waals surface area contributed by atoms with Crippen molar-refractivity contribution in [3.05, 3.63) is 76.2 Å². The molecule has 0 bridgehead atoms. The third-order valence-electron chi connectivity index (χ3n) is 4.63. The number of nitrogens with one attached hydrogen (secondary N) is 1. The van der Waals surface area contributed by atoms with Crippen LogP contribution in [0, 0.1) is 11.6 Å². The number of carboxylic acids is 1. The molecular formula is C21H14F2N4O5. The van der Waals surface area contributed by atoms with Gasteiger partial charge >= 0.3 is 5.97 Å². The van der Waals surface area contributed by atoms with E-state index < -0.39 is 28.6 Å². The van der Waals surface area contributed by atoms with Crippen LogP contribution < -0.4 is 10.7 Å². The van der Waals surface area contributed by atoms with Crippen molar-refractivity contribution in [2.45, 2.75) is 6.92 Å². The van der Waals surface area contributed by atoms with Gasteiger partial charge in [-0.25, -0.2) is 18.3 Å². The summed E-state index contributed by atoms with van der Waals surface area (Å²) < 4.78 is 31.7. The van der Waals surface area contributed by atoms with Crippen LogP contribution >= 0.6 is 0 Å². The number of pyridine rings is 1. The van der Waals surface area contributed by atoms with Gasteiger partial charge in [0.15, 0.2) is 11.6 Å². The second-order valence-electron chi connectivity index (χ2n) is 6.83. The van der Waals surface area contributed by atoms with Crippen LogP contribution in [0.5, 0.6) is 5.75 Å². The average Bonchev–Trinajstić information content (AvgIpc) is 3.16. The highest BCUT2D eigenvalue weighted by molar-refractivity contribution is 5.94. The van der Waals surface area contributed by atoms with Gasteiger partial charge in [0.25, 0.3) is 0 Å². The molecular weight excluding hydrogens is 426 g/mol. The van der Waals surface area contributed by atoms with Gasteiger partial charge in [0.05, 0.1) is 11.2 Å². The molecule has 4 aromatic rings. The number of amides is 1. The minimum absolute atomic E-state index is 0.00225. The van der Waals surface area contributed by atoms with Crippen molar-refractivity contribution < 1.29 is 28.6 Å². The molecule has 0 saturated heterocycles. The number of carboxylic acid groups (broad SMARTS) is 1. The number of phenolic OH excluding ortho intramolecular Hbond substituents is 1. The van der Waals surface area contributed by atoms with Crippen molar-refractivity contribution in [3.8, 4) is 17.1 Å². The number of phenols is 1. The molecule has 11 heteroatoms. The molecule has 3 N–H and O–H groups in total. The third-order valence-corrected chi connectivity index (χ3v) is 4.63. The Bertz CT molecular complexity index is 1480. The first-order valence-corrected chi connectivity index (χ1v) is 9.10. The number of nitrogens with zero attached hydrogens (tertiary/aromatic N) is 3. The van der Waals surface area contributed by atoms with Gasteiger partial charge < -0.3 is 20.1 Å². The van der Waals surface area contributed by atoms with E-state index in [1.165, 1.54) is 37.4 Å². The Morgan fingerprint density at radius 3 is 2.44 bits per heavy atom. The zero-order valence-electron chi connectivity index (χ0n) is 16.3. The zero-order valence-corrected chi connectivity index (χ0v) is 16.3. The van der Waals surface area contributed by atoms with Crippen LogP contribution in [0.1, 0.15) is 17.3 Å². The Hall–Kier alpha value is -4.54. The van der Waals surface area contributed by atoms with E-state index in [-0.39, 0.29) is 39.8 Å². The lowest BCUT2D eigenvalue weighted by Crippen LogP contribution is -2.19. The van der Waals surface area contributed by atoms with Gasteiger partial charge in [0.1, 0.15) is 22.8 Å². The van der Waals surface area contributed by atoms with Crippen molar-refractivity contribution >= 4 is 28.6 Å². The summed E-state index contributed by atoms with van der Waals surface area (Å²) in [5, 5.41) is 25.1. The maximum atomic E-state index is 14.9. The predicted molar refractivity (Wildman–Crippen MR) is 110 cm³/mol. The number of aromatic nitrogens is 3. The van der Waals surface area contributed by atoms with E-state index in [1.54, 1.807) is 0 Å². The summed E-state index contributed by atoms with van der Waals surface area (Å²) in [4.78, 5) is 35.4. The maximum Gasteiger partial charge on any atom is 0.341 e. The summed E-state index contributed by atoms with van der Waals surface area (Å²) in [7, 11) is 0. The zero-order chi connectivity index (χ0) is 23.2. The van der Waals surface area contributed by atoms with E-state index in [1.807, 2.05) is 0 Å². The van der Waals surface area contributed by atoms with Gasteiger partial charge in [-0.3, -0.25) is 9.59 Å². The minimum atomic E-state index is -1.57. The van der Waals surface area contributed by atoms with E-state index >= 15 is 0 Å². The highest BCUT2D eigenvalue weighted by Gasteiger charge is 2.20. The Morgan fingerprint density at radius 1 is 1.06 bits per heavy atom. The highest BCUT2D eigenvalue weighted by Crippen LogP contribution is 2.26. The van der Waals surface area contributed by atoms with E-state index in [4.69, 9.17) is 0 Å². The standard InChI is InChI=1S/C21H14F2N4O5/c1-10(28)24-19-4-5-27(25-19)18-8-17-12(7-15(18)23)20(30)13(21(31)32)9-26(17)16-3-2-11(29)6-14(16)22/h2-9,29H,1H3,(H,31,32)(H,24,25,28). The van der Waals surface area contributed by atoms with Gasteiger partial charge in [0.2, 0.25) is 11.3 Å². The summed E-state index contributed by atoms with van der Waals surface area (Å²) in [6.07, 6.45) is 2.29. The van der Waals surface area contributed by atoms with Gasteiger partial charge in [-0.15, -0.1) is 5.10 Å². The molecule has 0 saturated carbocycles. The van der Waals surface area contributed by atoms with Crippen LogP contribution in [0.4, 0.5) is 14.6 Å². The lowest BCUT2D eigenvalue weighted by atomic mass is 10.1. The minimum Gasteiger partial charge on any atom is -0.508 e. The normalized spacial score (nSPS) is 11.0. The fourth-order valence-electron chi connectivity index (χ4n) is 3.26. The third kappa shape index (κ3) is 3.55. The second kappa shape index (κ2) is 7.61. The largest absolute Gasteiger partial charge is 0.508 e. The number of halogens is 2. The molecule has 1 amide bonds. The Kier molecular flexibility index (Phi) is 4.93. The van der Waals surface area contributed by atoms with Crippen molar-refractivity contribution in [2.75, 3.05) is 5.32 Å². The van der Waals surface area contributed by atoms with Crippen LogP contribution in [0.25, 0.3) is 22.3 Å². The van der Waals surface area contributed by atoms with Gasteiger partial charge in [-0.05, 0) is 24.3 Å². The van der Waals surface area contributed by atoms with Crippen molar-refractivity contribution in [1.29, 1.82) is 0 Å². The van der Waals surface area contributed by atoms with Gasteiger partial charge in [-0.1, -0.05) is 0 Å². The van der Waals surface area contributed by atoms with E-state index in [0.29, 0.717) is 0 Å². The lowest BCUT2D eigenvalue weighted by molar-refractivity contribution is -0.114. The van der Waals surface area contributed by atoms with Crippen molar-refractivity contribution in [2.24, 2.45) is 0 Å². The fraction of sp³-hybridized carbons (Fsp3) is 0.0476. The molecule has 162 valence electrons. The quantitative estimate of drug-likeness (QED) is 0.448. The number of fused-ring (bicyclic) bond motifs is 1. The number of carbonyl (C=O) groups excluding carboxylic acids is 1. The van der Waals surface area contributed by atoms with E-state index in [2.05, 4.69) is 10.4 Å². The first-order chi connectivity index (χ1) is 15.2. The van der Waals surface area contributed by atoms with Crippen molar-refractivity contribution in [3.63, 3.8) is 0 Å². The van der Waals surface area contributed by atoms with Crippen LogP contribution in [0.2, 0.25) is 0 Å². The number of hydrogen-bond acceptors (Lipinski definition) is 5. The number of carbonyl (C=O) groups is 2. The smallest absolute Gasteiger partial charge is 0.341 e. The van der Waals surface area contributed by atoms with Crippen LogP contribution in [0.15, 0.2) is 53.6 Å². The summed E-state index contributed by atoms with van der Waals surface area (Å²) in [5.74, 6) is -3.95. The molecule has 2 heterocycles. The number of aromatic carboxylic acids is 1. The lowest BCUT2D eigenvalue weighted by Gasteiger charge is -2.15. The topological polar surface area (TPSA) is 126 Å². The maximum absolute atomic E-state index is 14.9. The Labute approximate surface area is 177 Å². The predicted octanol–water partition coefficient (Wildman–Crippen LogP) is 2.82. The van der Waals surface area contributed by atoms with E-state index in [9.17, 15) is 33.4 Å². The highest BCUT2D eigenvalue weighted by atomic mass is 19.1. The van der Waals surface area contributed by atoms with Crippen LogP contribution in [-0.2, 0) is 4.79 Å². The molecule has 0 aliphatic rings. The number of anilines is 1. The van der Waals surface area contributed by atoms with Crippen molar-refractivity contribution in [1.82, 2.24) is 14.3 Å². The summed E-state index contributed by atoms with van der Waals surface area (Å²) in [5.41, 5.74) is -1.95. The second-order valence-corrected chi connectivity index (χ2v) is 6.83. The molecule has 0 fully saturated rings. The number of rotatable bonds is 4. The monoisotopic (exact) mass is 440 g/mol. The molecule has 0 atom stereocenters. The molecule has 4 rings (SSSR count). The SMILES string of the molecule is CC(=O)Nc1ccn(-c2cc3c(cc2F)c(=O)c(C(=O)O)cn3-c2ccc(O)cc2F)n1. The number of aromatic hydroxyl groups is 1. The van der Waals surface area contributed by atoms with E-state index in [0.717, 1.165) is 27.6 Å². The first-order valence-electron chi connectivity index (χ1n) is 9.10. The Morgan fingerprint density at radius 2 is 1.78 bits per heavy atom. The number of hydrogen-bond donors (Lipinski definition) is 3. The molecule has 0 spiro atoms. The summed E-state index contributed by atoms with van der Waals surface area (Å²) >= 11 is 0. The Balaban J connectivity index is 2.03. The molecule has 0 aliphatic carbocycles. The molecule has 32 heavy (non-hydrogen) atoms. The summed E-state index contributed by atoms with van der Waals surface area (Å²) in [6.45, 7) is 1.28. The van der Waals surface area contributed by atoms with Gasteiger partial charge in [-0.2, -0.15) is 0 Å². The molecule has 2 aromatic carbocycles. The molecule has 9 nitrogen and oxygen atoms in total. The fourth-order valence-corrected chi connectivity index (χ4v) is 3.26. The summed E-state index contributed by atoms with van der Waals surface area (Å²) in [6, 6.07) is 6.65. The average molecular weight is 440 g/mol.